The van der Waals surface area contributed by atoms with Gasteiger partial charge < -0.3 is 14.0 Å². The molecule has 2 aliphatic rings. The second kappa shape index (κ2) is 7.45. The van der Waals surface area contributed by atoms with Crippen molar-refractivity contribution in [3.05, 3.63) is 75.4 Å². The summed E-state index contributed by atoms with van der Waals surface area (Å²) in [5.41, 5.74) is 5.62. The van der Waals surface area contributed by atoms with Gasteiger partial charge in [0.15, 0.2) is 0 Å². The Morgan fingerprint density at radius 2 is 2.06 bits per heavy atom. The van der Waals surface area contributed by atoms with Crippen LogP contribution in [-0.4, -0.2) is 27.1 Å². The second-order valence-corrected chi connectivity index (χ2v) is 9.41. The maximum Gasteiger partial charge on any atom is 0.260 e. The lowest BCUT2D eigenvalue weighted by atomic mass is 9.89. The highest BCUT2D eigenvalue weighted by Crippen LogP contribution is 2.44. The number of aromatic nitrogens is 2. The number of aryl methyl sites for hydroxylation is 3. The molecule has 2 aromatic heterocycles. The molecule has 4 aromatic rings. The number of halogens is 2. The average molecular weight is 464 g/mol. The fourth-order valence-corrected chi connectivity index (χ4v) is 5.88. The maximum atomic E-state index is 14.7. The molecule has 0 N–H and O–H groups in total. The summed E-state index contributed by atoms with van der Waals surface area (Å²) in [6.45, 7) is 5.09. The SMILES string of the molecule is Cc1ccc2c(c1)c1c3n2CCN(C(=O)c2c(-c4c(F)cccc4Cl)noc2C)C3CCC1. The Bertz CT molecular complexity index is 1420. The third-order valence-electron chi connectivity index (χ3n) is 7.07. The van der Waals surface area contributed by atoms with Crippen molar-refractivity contribution < 1.29 is 13.7 Å². The normalized spacial score (nSPS) is 17.5. The minimum Gasteiger partial charge on any atom is -0.360 e. The maximum absolute atomic E-state index is 14.7. The fraction of sp³-hybridized carbons (Fsp3) is 0.308. The van der Waals surface area contributed by atoms with E-state index in [2.05, 4.69) is 34.8 Å². The van der Waals surface area contributed by atoms with Crippen LogP contribution in [0.1, 0.15) is 51.8 Å². The molecule has 0 spiro atoms. The number of benzene rings is 2. The van der Waals surface area contributed by atoms with E-state index in [9.17, 15) is 9.18 Å². The van der Waals surface area contributed by atoms with Gasteiger partial charge >= 0.3 is 0 Å². The highest BCUT2D eigenvalue weighted by Gasteiger charge is 2.39. The predicted molar refractivity (Wildman–Crippen MR) is 125 cm³/mol. The molecule has 1 unspecified atom stereocenters. The van der Waals surface area contributed by atoms with Crippen LogP contribution < -0.4 is 0 Å². The molecule has 1 aliphatic carbocycles. The molecule has 0 radical (unpaired) electrons. The number of carbonyl (C=O) groups excluding carboxylic acids is 1. The Hall–Kier alpha value is -3.12. The van der Waals surface area contributed by atoms with Gasteiger partial charge in [0, 0.05) is 29.7 Å². The molecular weight excluding hydrogens is 441 g/mol. The van der Waals surface area contributed by atoms with Crippen LogP contribution in [0.4, 0.5) is 4.39 Å². The fourth-order valence-electron chi connectivity index (χ4n) is 5.62. The van der Waals surface area contributed by atoms with Crippen molar-refractivity contribution in [1.82, 2.24) is 14.6 Å². The summed E-state index contributed by atoms with van der Waals surface area (Å²) in [5.74, 6) is -0.348. The first-order chi connectivity index (χ1) is 16.0. The molecule has 0 bridgehead atoms. The van der Waals surface area contributed by atoms with E-state index in [-0.39, 0.29) is 33.8 Å². The molecule has 33 heavy (non-hydrogen) atoms. The van der Waals surface area contributed by atoms with Crippen LogP contribution in [0.3, 0.4) is 0 Å². The predicted octanol–water partition coefficient (Wildman–Crippen LogP) is 6.24. The van der Waals surface area contributed by atoms with Gasteiger partial charge in [-0.2, -0.15) is 0 Å². The number of hydrogen-bond donors (Lipinski definition) is 0. The van der Waals surface area contributed by atoms with Crippen molar-refractivity contribution in [1.29, 1.82) is 0 Å². The highest BCUT2D eigenvalue weighted by molar-refractivity contribution is 6.33. The van der Waals surface area contributed by atoms with E-state index in [0.717, 1.165) is 25.8 Å². The molecule has 0 fully saturated rings. The van der Waals surface area contributed by atoms with E-state index < -0.39 is 5.82 Å². The van der Waals surface area contributed by atoms with Crippen LogP contribution >= 0.6 is 11.6 Å². The van der Waals surface area contributed by atoms with Gasteiger partial charge in [0.25, 0.3) is 5.91 Å². The lowest BCUT2D eigenvalue weighted by Crippen LogP contribution is -2.43. The lowest BCUT2D eigenvalue weighted by Gasteiger charge is -2.40. The molecule has 6 rings (SSSR count). The standard InChI is InChI=1S/C26H23ClFN3O2/c1-14-9-10-20-17(13-14)16-5-3-8-21-25(16)30(20)11-12-31(21)26(32)22-15(2)33-29-24(22)23-18(27)6-4-7-19(23)28/h4,6-7,9-10,13,21H,3,5,8,11-12H2,1-2H3. The summed E-state index contributed by atoms with van der Waals surface area (Å²) >= 11 is 6.30. The van der Waals surface area contributed by atoms with Gasteiger partial charge in [0.05, 0.1) is 16.6 Å². The summed E-state index contributed by atoms with van der Waals surface area (Å²) in [4.78, 5) is 15.9. The van der Waals surface area contributed by atoms with Gasteiger partial charge in [-0.05, 0) is 62.9 Å². The van der Waals surface area contributed by atoms with Gasteiger partial charge in [0.1, 0.15) is 22.8 Å². The molecule has 7 heteroatoms. The Morgan fingerprint density at radius 1 is 1.21 bits per heavy atom. The van der Waals surface area contributed by atoms with E-state index in [4.69, 9.17) is 16.1 Å². The van der Waals surface area contributed by atoms with Crippen molar-refractivity contribution in [2.24, 2.45) is 0 Å². The molecule has 5 nitrogen and oxygen atoms in total. The van der Waals surface area contributed by atoms with E-state index in [1.54, 1.807) is 13.0 Å². The third kappa shape index (κ3) is 2.97. The van der Waals surface area contributed by atoms with E-state index >= 15 is 0 Å². The quantitative estimate of drug-likeness (QED) is 0.353. The van der Waals surface area contributed by atoms with Crippen molar-refractivity contribution in [2.45, 2.75) is 45.7 Å². The first-order valence-electron chi connectivity index (χ1n) is 11.3. The first-order valence-corrected chi connectivity index (χ1v) is 11.7. The summed E-state index contributed by atoms with van der Waals surface area (Å²) in [6.07, 6.45) is 2.93. The number of rotatable bonds is 2. The van der Waals surface area contributed by atoms with Crippen LogP contribution in [-0.2, 0) is 13.0 Å². The molecule has 0 saturated carbocycles. The minimum absolute atomic E-state index is 0.0269. The zero-order chi connectivity index (χ0) is 22.9. The first kappa shape index (κ1) is 20.5. The molecule has 168 valence electrons. The van der Waals surface area contributed by atoms with E-state index in [1.165, 1.54) is 39.9 Å². The van der Waals surface area contributed by atoms with Gasteiger partial charge in [-0.1, -0.05) is 34.5 Å². The molecule has 1 amide bonds. The summed E-state index contributed by atoms with van der Waals surface area (Å²) in [7, 11) is 0. The topological polar surface area (TPSA) is 51.3 Å². The van der Waals surface area contributed by atoms with E-state index in [0.29, 0.717) is 12.3 Å². The number of hydrogen-bond acceptors (Lipinski definition) is 3. The number of fused-ring (bicyclic) bond motifs is 3. The van der Waals surface area contributed by atoms with Gasteiger partial charge in [-0.3, -0.25) is 4.79 Å². The van der Waals surface area contributed by atoms with Crippen LogP contribution in [0, 0.1) is 19.7 Å². The minimum atomic E-state index is -0.529. The Kier molecular flexibility index (Phi) is 4.63. The number of carbonyl (C=O) groups is 1. The third-order valence-corrected chi connectivity index (χ3v) is 7.38. The lowest BCUT2D eigenvalue weighted by molar-refractivity contribution is 0.0600. The Morgan fingerprint density at radius 3 is 2.88 bits per heavy atom. The van der Waals surface area contributed by atoms with E-state index in [1.807, 2.05) is 4.90 Å². The van der Waals surface area contributed by atoms with Gasteiger partial charge in [-0.25, -0.2) is 4.39 Å². The average Bonchev–Trinajstić information content (AvgIpc) is 3.33. The van der Waals surface area contributed by atoms with Crippen LogP contribution in [0.5, 0.6) is 0 Å². The summed E-state index contributed by atoms with van der Waals surface area (Å²) in [6, 6.07) is 11.0. The van der Waals surface area contributed by atoms with Crippen LogP contribution in [0.25, 0.3) is 22.2 Å². The second-order valence-electron chi connectivity index (χ2n) is 9.00. The Balaban J connectivity index is 1.47. The largest absolute Gasteiger partial charge is 0.360 e. The number of nitrogens with zero attached hydrogens (tertiary/aromatic N) is 3. The molecule has 1 aliphatic heterocycles. The summed E-state index contributed by atoms with van der Waals surface area (Å²) in [5, 5.41) is 5.54. The van der Waals surface area contributed by atoms with Gasteiger partial charge in [0.2, 0.25) is 0 Å². The molecule has 3 heterocycles. The monoisotopic (exact) mass is 463 g/mol. The highest BCUT2D eigenvalue weighted by atomic mass is 35.5. The smallest absolute Gasteiger partial charge is 0.260 e. The number of amides is 1. The zero-order valence-electron chi connectivity index (χ0n) is 18.5. The molecule has 2 aromatic carbocycles. The summed E-state index contributed by atoms with van der Waals surface area (Å²) < 4.78 is 22.5. The van der Waals surface area contributed by atoms with Crippen molar-refractivity contribution in [2.75, 3.05) is 6.54 Å². The molecule has 0 saturated heterocycles. The molecular formula is C26H23ClFN3O2. The van der Waals surface area contributed by atoms with Crippen LogP contribution in [0.2, 0.25) is 5.02 Å². The Labute approximate surface area is 195 Å². The van der Waals surface area contributed by atoms with Crippen molar-refractivity contribution in [3.8, 4) is 11.3 Å². The van der Waals surface area contributed by atoms with Crippen LogP contribution in [0.15, 0.2) is 40.9 Å². The molecule has 1 atom stereocenters. The zero-order valence-corrected chi connectivity index (χ0v) is 19.2. The van der Waals surface area contributed by atoms with Crippen molar-refractivity contribution in [3.63, 3.8) is 0 Å². The van der Waals surface area contributed by atoms with Gasteiger partial charge in [-0.15, -0.1) is 0 Å². The van der Waals surface area contributed by atoms with Crippen molar-refractivity contribution >= 4 is 28.4 Å².